The first-order chi connectivity index (χ1) is 14.7. The summed E-state index contributed by atoms with van der Waals surface area (Å²) in [7, 11) is 4.94. The van der Waals surface area contributed by atoms with Gasteiger partial charge in [-0.2, -0.15) is 0 Å². The standard InChI is InChI=1S/C22H27N3O4S/c1-26-18-7-6-16(20(27-2)21(18)28-3)13-24-8-10-25(11-9-24)14-17-15-29-22(23-17)19-5-4-12-30-19/h4-7,12,15H,8-11,13-14H2,1-3H3. The third-order valence-corrected chi connectivity index (χ3v) is 6.17. The molecule has 1 aromatic carbocycles. The number of methoxy groups -OCH3 is 3. The van der Waals surface area contributed by atoms with Crippen molar-refractivity contribution in [2.45, 2.75) is 13.1 Å². The number of rotatable bonds is 8. The molecule has 0 amide bonds. The molecule has 0 atom stereocenters. The molecule has 0 spiro atoms. The van der Waals surface area contributed by atoms with E-state index in [1.807, 2.05) is 29.6 Å². The maximum atomic E-state index is 5.64. The lowest BCUT2D eigenvalue weighted by molar-refractivity contribution is 0.120. The molecule has 8 heteroatoms. The van der Waals surface area contributed by atoms with E-state index in [1.165, 1.54) is 0 Å². The minimum absolute atomic E-state index is 0.642. The smallest absolute Gasteiger partial charge is 0.236 e. The Labute approximate surface area is 180 Å². The van der Waals surface area contributed by atoms with E-state index < -0.39 is 0 Å². The van der Waals surface area contributed by atoms with Crippen molar-refractivity contribution in [3.63, 3.8) is 0 Å². The summed E-state index contributed by atoms with van der Waals surface area (Å²) in [6.45, 7) is 5.54. The molecule has 1 aliphatic heterocycles. The quantitative estimate of drug-likeness (QED) is 0.540. The monoisotopic (exact) mass is 429 g/mol. The van der Waals surface area contributed by atoms with E-state index in [0.717, 1.165) is 61.2 Å². The van der Waals surface area contributed by atoms with E-state index in [2.05, 4.69) is 14.8 Å². The first-order valence-electron chi connectivity index (χ1n) is 9.92. The molecule has 1 fully saturated rings. The SMILES string of the molecule is COc1ccc(CN2CCN(Cc3coc(-c4cccs4)n3)CC2)c(OC)c1OC. The number of hydrogen-bond donors (Lipinski definition) is 0. The van der Waals surface area contributed by atoms with Gasteiger partial charge in [-0.15, -0.1) is 11.3 Å². The van der Waals surface area contributed by atoms with Gasteiger partial charge in [-0.1, -0.05) is 12.1 Å². The molecule has 0 unspecified atom stereocenters. The van der Waals surface area contributed by atoms with Gasteiger partial charge in [0.1, 0.15) is 6.26 Å². The number of piperazine rings is 1. The topological polar surface area (TPSA) is 60.2 Å². The zero-order chi connectivity index (χ0) is 20.9. The summed E-state index contributed by atoms with van der Waals surface area (Å²) in [5, 5.41) is 2.03. The van der Waals surface area contributed by atoms with Crippen molar-refractivity contribution in [1.82, 2.24) is 14.8 Å². The Morgan fingerprint density at radius 3 is 2.30 bits per heavy atom. The Kier molecular flexibility index (Phi) is 6.56. The Morgan fingerprint density at radius 1 is 0.933 bits per heavy atom. The maximum absolute atomic E-state index is 5.64. The molecule has 3 aromatic rings. The molecule has 7 nitrogen and oxygen atoms in total. The lowest BCUT2D eigenvalue weighted by atomic mass is 10.1. The lowest BCUT2D eigenvalue weighted by Gasteiger charge is -2.34. The van der Waals surface area contributed by atoms with E-state index >= 15 is 0 Å². The summed E-state index contributed by atoms with van der Waals surface area (Å²) in [6, 6.07) is 8.02. The molecular weight excluding hydrogens is 402 g/mol. The summed E-state index contributed by atoms with van der Waals surface area (Å²) in [4.78, 5) is 10.5. The summed E-state index contributed by atoms with van der Waals surface area (Å²) in [5.74, 6) is 2.77. The highest BCUT2D eigenvalue weighted by molar-refractivity contribution is 7.13. The average molecular weight is 430 g/mol. The third-order valence-electron chi connectivity index (χ3n) is 5.31. The molecule has 0 aliphatic carbocycles. The predicted octanol–water partition coefficient (Wildman–Crippen LogP) is 3.75. The van der Waals surface area contributed by atoms with Gasteiger partial charge in [0.2, 0.25) is 11.6 Å². The average Bonchev–Trinajstić information content (AvgIpc) is 3.46. The molecule has 0 saturated carbocycles. The molecule has 0 radical (unpaired) electrons. The van der Waals surface area contributed by atoms with Crippen LogP contribution >= 0.6 is 11.3 Å². The van der Waals surface area contributed by atoms with Crippen LogP contribution in [0.1, 0.15) is 11.3 Å². The van der Waals surface area contributed by atoms with Crippen molar-refractivity contribution in [2.75, 3.05) is 47.5 Å². The second-order valence-corrected chi connectivity index (χ2v) is 8.11. The zero-order valence-electron chi connectivity index (χ0n) is 17.6. The molecular formula is C22H27N3O4S. The molecule has 30 heavy (non-hydrogen) atoms. The van der Waals surface area contributed by atoms with E-state index in [9.17, 15) is 0 Å². The molecule has 4 rings (SSSR count). The summed E-state index contributed by atoms with van der Waals surface area (Å²) < 4.78 is 22.2. The largest absolute Gasteiger partial charge is 0.493 e. The number of hydrogen-bond acceptors (Lipinski definition) is 8. The van der Waals surface area contributed by atoms with E-state index in [-0.39, 0.29) is 0 Å². The summed E-state index contributed by atoms with van der Waals surface area (Å²) in [5.41, 5.74) is 2.08. The number of benzene rings is 1. The van der Waals surface area contributed by atoms with Crippen molar-refractivity contribution in [1.29, 1.82) is 0 Å². The van der Waals surface area contributed by atoms with Crippen LogP contribution in [0.5, 0.6) is 17.2 Å². The highest BCUT2D eigenvalue weighted by Gasteiger charge is 2.22. The Balaban J connectivity index is 1.34. The van der Waals surface area contributed by atoms with Crippen LogP contribution in [-0.4, -0.2) is 62.3 Å². The fraction of sp³-hybridized carbons (Fsp3) is 0.409. The predicted molar refractivity (Wildman–Crippen MR) is 116 cm³/mol. The van der Waals surface area contributed by atoms with Gasteiger partial charge in [-0.3, -0.25) is 9.80 Å². The molecule has 1 aliphatic rings. The molecule has 0 N–H and O–H groups in total. The summed E-state index contributed by atoms with van der Waals surface area (Å²) >= 11 is 1.64. The molecule has 0 bridgehead atoms. The highest BCUT2D eigenvalue weighted by Crippen LogP contribution is 2.40. The van der Waals surface area contributed by atoms with E-state index in [1.54, 1.807) is 38.9 Å². The Morgan fingerprint density at radius 2 is 1.67 bits per heavy atom. The second-order valence-electron chi connectivity index (χ2n) is 7.17. The number of oxazole rings is 1. The molecule has 1 saturated heterocycles. The molecule has 2 aromatic heterocycles. The Hall–Kier alpha value is -2.55. The van der Waals surface area contributed by atoms with Gasteiger partial charge in [-0.05, 0) is 17.5 Å². The zero-order valence-corrected chi connectivity index (χ0v) is 18.4. The number of thiophene rings is 1. The minimum Gasteiger partial charge on any atom is -0.493 e. The number of aromatic nitrogens is 1. The van der Waals surface area contributed by atoms with Gasteiger partial charge < -0.3 is 18.6 Å². The van der Waals surface area contributed by atoms with Gasteiger partial charge >= 0.3 is 0 Å². The van der Waals surface area contributed by atoms with E-state index in [0.29, 0.717) is 17.4 Å². The van der Waals surface area contributed by atoms with Crippen LogP contribution in [0.25, 0.3) is 10.8 Å². The van der Waals surface area contributed by atoms with Crippen LogP contribution in [0, 0.1) is 0 Å². The highest BCUT2D eigenvalue weighted by atomic mass is 32.1. The Bertz CT molecular complexity index is 949. The van der Waals surface area contributed by atoms with Crippen LogP contribution in [0.3, 0.4) is 0 Å². The van der Waals surface area contributed by atoms with Crippen LogP contribution in [0.15, 0.2) is 40.3 Å². The van der Waals surface area contributed by atoms with E-state index in [4.69, 9.17) is 18.6 Å². The van der Waals surface area contributed by atoms with Crippen LogP contribution in [0.4, 0.5) is 0 Å². The maximum Gasteiger partial charge on any atom is 0.236 e. The molecule has 160 valence electrons. The molecule has 3 heterocycles. The van der Waals surface area contributed by atoms with Crippen molar-refractivity contribution in [2.24, 2.45) is 0 Å². The number of ether oxygens (including phenoxy) is 3. The van der Waals surface area contributed by atoms with Crippen molar-refractivity contribution < 1.29 is 18.6 Å². The van der Waals surface area contributed by atoms with Gasteiger partial charge in [-0.25, -0.2) is 4.98 Å². The van der Waals surface area contributed by atoms with Crippen LogP contribution < -0.4 is 14.2 Å². The summed E-state index contributed by atoms with van der Waals surface area (Å²) in [6.07, 6.45) is 1.77. The second kappa shape index (κ2) is 9.51. The fourth-order valence-electron chi connectivity index (χ4n) is 3.76. The van der Waals surface area contributed by atoms with Gasteiger partial charge in [0.05, 0.1) is 31.9 Å². The first kappa shape index (κ1) is 20.7. The minimum atomic E-state index is 0.642. The normalized spacial score (nSPS) is 15.3. The van der Waals surface area contributed by atoms with Crippen molar-refractivity contribution >= 4 is 11.3 Å². The lowest BCUT2D eigenvalue weighted by Crippen LogP contribution is -2.45. The van der Waals surface area contributed by atoms with Crippen LogP contribution in [0.2, 0.25) is 0 Å². The van der Waals surface area contributed by atoms with Gasteiger partial charge in [0.25, 0.3) is 0 Å². The van der Waals surface area contributed by atoms with Gasteiger partial charge in [0, 0.05) is 44.8 Å². The van der Waals surface area contributed by atoms with Crippen LogP contribution in [-0.2, 0) is 13.1 Å². The third kappa shape index (κ3) is 4.45. The number of nitrogens with zero attached hydrogens (tertiary/aromatic N) is 3. The van der Waals surface area contributed by atoms with Gasteiger partial charge in [0.15, 0.2) is 11.5 Å². The van der Waals surface area contributed by atoms with Crippen molar-refractivity contribution in [3.8, 4) is 28.0 Å². The van der Waals surface area contributed by atoms with Crippen molar-refractivity contribution in [3.05, 3.63) is 47.2 Å². The first-order valence-corrected chi connectivity index (χ1v) is 10.8. The fourth-order valence-corrected chi connectivity index (χ4v) is 4.41.